The lowest BCUT2D eigenvalue weighted by atomic mass is 9.87. The first-order valence-electron chi connectivity index (χ1n) is 8.26. The van der Waals surface area contributed by atoms with Crippen molar-refractivity contribution in [2.24, 2.45) is 0 Å². The second-order valence-electron chi connectivity index (χ2n) is 5.52. The van der Waals surface area contributed by atoms with Gasteiger partial charge in [0.25, 0.3) is 0 Å². The predicted molar refractivity (Wildman–Crippen MR) is 103 cm³/mol. The van der Waals surface area contributed by atoms with Crippen LogP contribution in [0.15, 0.2) is 60.7 Å². The van der Waals surface area contributed by atoms with Crippen LogP contribution in [0.2, 0.25) is 0 Å². The first-order valence-corrected chi connectivity index (χ1v) is 8.26. The van der Waals surface area contributed by atoms with E-state index in [1.807, 2.05) is 60.7 Å². The maximum Gasteiger partial charge on any atom is 0.176 e. The summed E-state index contributed by atoms with van der Waals surface area (Å²) >= 11 is 0. The molecular weight excluding hydrogens is 318 g/mol. The maximum absolute atomic E-state index is 11.2. The van der Waals surface area contributed by atoms with E-state index in [1.54, 1.807) is 0 Å². The minimum atomic E-state index is -1.26. The van der Waals surface area contributed by atoms with Gasteiger partial charge in [-0.15, -0.1) is 12.4 Å². The molecule has 2 rings (SSSR count). The molecule has 0 saturated heterocycles. The summed E-state index contributed by atoms with van der Waals surface area (Å²) in [5, 5.41) is 11.2. The van der Waals surface area contributed by atoms with Gasteiger partial charge < -0.3 is 10.0 Å². The number of rotatable bonds is 6. The van der Waals surface area contributed by atoms with Crippen molar-refractivity contribution in [3.63, 3.8) is 0 Å². The van der Waals surface area contributed by atoms with Gasteiger partial charge in [0.05, 0.1) is 0 Å². The van der Waals surface area contributed by atoms with E-state index in [9.17, 15) is 5.11 Å². The predicted octanol–water partition coefficient (Wildman–Crippen LogP) is 4.08. The summed E-state index contributed by atoms with van der Waals surface area (Å²) in [5.74, 6) is 6.29. The van der Waals surface area contributed by atoms with Crippen molar-refractivity contribution in [3.05, 3.63) is 71.8 Å². The second-order valence-corrected chi connectivity index (χ2v) is 5.52. The topological polar surface area (TPSA) is 23.5 Å². The first kappa shape index (κ1) is 20.3. The summed E-state index contributed by atoms with van der Waals surface area (Å²) in [4.78, 5) is 2.33. The Bertz CT molecular complexity index is 602. The lowest BCUT2D eigenvalue weighted by Gasteiger charge is -2.23. The van der Waals surface area contributed by atoms with Gasteiger partial charge >= 0.3 is 0 Å². The van der Waals surface area contributed by atoms with Crippen LogP contribution in [0.4, 0.5) is 0 Å². The Morgan fingerprint density at radius 2 is 1.33 bits per heavy atom. The summed E-state index contributed by atoms with van der Waals surface area (Å²) in [6.45, 7) is 7.29. The van der Waals surface area contributed by atoms with Gasteiger partial charge in [0, 0.05) is 24.1 Å². The largest absolute Gasteiger partial charge is 0.369 e. The van der Waals surface area contributed by atoms with Crippen LogP contribution in [-0.4, -0.2) is 29.6 Å². The lowest BCUT2D eigenvalue weighted by Crippen LogP contribution is -2.26. The molecule has 0 aromatic heterocycles. The van der Waals surface area contributed by atoms with Crippen molar-refractivity contribution in [1.29, 1.82) is 0 Å². The van der Waals surface area contributed by atoms with E-state index < -0.39 is 5.60 Å². The van der Waals surface area contributed by atoms with Crippen LogP contribution in [0.1, 0.15) is 31.4 Å². The van der Waals surface area contributed by atoms with Crippen LogP contribution in [0, 0.1) is 11.8 Å². The zero-order chi connectivity index (χ0) is 16.5. The highest BCUT2D eigenvalue weighted by Crippen LogP contribution is 2.28. The average Bonchev–Trinajstić information content (AvgIpc) is 2.63. The molecule has 24 heavy (non-hydrogen) atoms. The highest BCUT2D eigenvalue weighted by atomic mass is 35.5. The highest BCUT2D eigenvalue weighted by molar-refractivity contribution is 5.85. The normalized spacial score (nSPS) is 10.7. The fourth-order valence-corrected chi connectivity index (χ4v) is 2.61. The summed E-state index contributed by atoms with van der Waals surface area (Å²) in [5.41, 5.74) is 0.356. The minimum absolute atomic E-state index is 0. The van der Waals surface area contributed by atoms with Gasteiger partial charge in [0.15, 0.2) is 5.60 Å². The van der Waals surface area contributed by atoms with Gasteiger partial charge in [-0.3, -0.25) is 0 Å². The maximum atomic E-state index is 11.2. The van der Waals surface area contributed by atoms with E-state index in [0.29, 0.717) is 0 Å². The molecule has 0 bridgehead atoms. The molecule has 1 N–H and O–H groups in total. The Hall–Kier alpha value is -1.79. The number of benzene rings is 2. The highest BCUT2D eigenvalue weighted by Gasteiger charge is 2.28. The zero-order valence-corrected chi connectivity index (χ0v) is 15.2. The van der Waals surface area contributed by atoms with Gasteiger partial charge in [0.1, 0.15) is 0 Å². The summed E-state index contributed by atoms with van der Waals surface area (Å²) in [7, 11) is 0. The third-order valence-electron chi connectivity index (χ3n) is 4.10. The van der Waals surface area contributed by atoms with E-state index in [4.69, 9.17) is 0 Å². The van der Waals surface area contributed by atoms with Crippen molar-refractivity contribution in [2.75, 3.05) is 19.6 Å². The minimum Gasteiger partial charge on any atom is -0.369 e. The fraction of sp³-hybridized carbons (Fsp3) is 0.333. The Labute approximate surface area is 151 Å². The van der Waals surface area contributed by atoms with Crippen molar-refractivity contribution in [2.45, 2.75) is 25.9 Å². The molecular formula is C21H26ClNO. The smallest absolute Gasteiger partial charge is 0.176 e. The molecule has 0 radical (unpaired) electrons. The molecule has 0 heterocycles. The van der Waals surface area contributed by atoms with Crippen molar-refractivity contribution in [1.82, 2.24) is 4.90 Å². The molecule has 2 aromatic rings. The Morgan fingerprint density at radius 3 is 1.75 bits per heavy atom. The number of hydrogen-bond acceptors (Lipinski definition) is 2. The van der Waals surface area contributed by atoms with E-state index in [1.165, 1.54) is 0 Å². The standard InChI is InChI=1S/C21H25NO.ClH/c1-3-22(4-2)18-12-11-17-21(23,19-13-7-5-8-14-19)20-15-9-6-10-16-20;/h5-10,13-16,23H,3-4,12,18H2,1-2H3;1H. The van der Waals surface area contributed by atoms with E-state index in [2.05, 4.69) is 30.6 Å². The van der Waals surface area contributed by atoms with Crippen molar-refractivity contribution in [3.8, 4) is 11.8 Å². The molecule has 2 nitrogen and oxygen atoms in total. The molecule has 0 fully saturated rings. The fourth-order valence-electron chi connectivity index (χ4n) is 2.61. The van der Waals surface area contributed by atoms with Crippen LogP contribution < -0.4 is 0 Å². The van der Waals surface area contributed by atoms with Gasteiger partial charge in [-0.1, -0.05) is 86.4 Å². The number of hydrogen-bond donors (Lipinski definition) is 1. The molecule has 0 amide bonds. The monoisotopic (exact) mass is 343 g/mol. The second kappa shape index (κ2) is 10.2. The van der Waals surface area contributed by atoms with Crippen LogP contribution in [0.5, 0.6) is 0 Å². The van der Waals surface area contributed by atoms with Crippen LogP contribution in [0.3, 0.4) is 0 Å². The third-order valence-corrected chi connectivity index (χ3v) is 4.10. The van der Waals surface area contributed by atoms with E-state index >= 15 is 0 Å². The first-order chi connectivity index (χ1) is 11.2. The molecule has 0 aliphatic heterocycles. The SMILES string of the molecule is CCN(CC)CCC#CC(O)(c1ccccc1)c1ccccc1.Cl. The molecule has 0 saturated carbocycles. The third kappa shape index (κ3) is 5.11. The van der Waals surface area contributed by atoms with Gasteiger partial charge in [0.2, 0.25) is 0 Å². The average molecular weight is 344 g/mol. The van der Waals surface area contributed by atoms with Gasteiger partial charge in [-0.2, -0.15) is 0 Å². The molecule has 0 aliphatic rings. The Morgan fingerprint density at radius 1 is 0.875 bits per heavy atom. The molecule has 0 spiro atoms. The summed E-state index contributed by atoms with van der Waals surface area (Å²) in [6.07, 6.45) is 0.754. The van der Waals surface area contributed by atoms with Crippen molar-refractivity contribution < 1.29 is 5.11 Å². The zero-order valence-electron chi connectivity index (χ0n) is 14.4. The van der Waals surface area contributed by atoms with Crippen LogP contribution in [-0.2, 0) is 5.60 Å². The number of aliphatic hydroxyl groups is 1. The summed E-state index contributed by atoms with van der Waals surface area (Å²) < 4.78 is 0. The van der Waals surface area contributed by atoms with Gasteiger partial charge in [-0.25, -0.2) is 0 Å². The molecule has 0 unspecified atom stereocenters. The van der Waals surface area contributed by atoms with Gasteiger partial charge in [-0.05, 0) is 13.1 Å². The van der Waals surface area contributed by atoms with Crippen molar-refractivity contribution >= 4 is 12.4 Å². The Balaban J connectivity index is 0.00000288. The van der Waals surface area contributed by atoms with Crippen LogP contribution >= 0.6 is 12.4 Å². The molecule has 0 aliphatic carbocycles. The lowest BCUT2D eigenvalue weighted by molar-refractivity contribution is 0.145. The van der Waals surface area contributed by atoms with E-state index in [-0.39, 0.29) is 12.4 Å². The van der Waals surface area contributed by atoms with E-state index in [0.717, 1.165) is 37.2 Å². The van der Waals surface area contributed by atoms with Crippen LogP contribution in [0.25, 0.3) is 0 Å². The number of nitrogens with zero attached hydrogens (tertiary/aromatic N) is 1. The molecule has 128 valence electrons. The quantitative estimate of drug-likeness (QED) is 0.799. The molecule has 0 atom stereocenters. The molecule has 3 heteroatoms. The Kier molecular flexibility index (Phi) is 8.57. The number of halogens is 1. The summed E-state index contributed by atoms with van der Waals surface area (Å²) in [6, 6.07) is 19.3. The molecule has 2 aromatic carbocycles.